The number of nitrogen functional groups attached to an aromatic ring is 1. The molecule has 0 aliphatic rings. The number of anilines is 2. The zero-order valence-electron chi connectivity index (χ0n) is 10.6. The zero-order chi connectivity index (χ0) is 13.0. The highest BCUT2D eigenvalue weighted by atomic mass is 14.9. The summed E-state index contributed by atoms with van der Waals surface area (Å²) in [5.41, 5.74) is 10.9. The fourth-order valence-electron chi connectivity index (χ4n) is 1.71. The second kappa shape index (κ2) is 5.41. The van der Waals surface area contributed by atoms with E-state index in [0.29, 0.717) is 0 Å². The quantitative estimate of drug-likeness (QED) is 0.780. The van der Waals surface area contributed by atoms with Crippen molar-refractivity contribution >= 4 is 11.4 Å². The minimum absolute atomic E-state index is 0.788. The summed E-state index contributed by atoms with van der Waals surface area (Å²) in [4.78, 5) is 0. The molecule has 3 N–H and O–H groups in total. The van der Waals surface area contributed by atoms with Crippen LogP contribution in [0.2, 0.25) is 0 Å². The fourth-order valence-corrected chi connectivity index (χ4v) is 1.71. The average Bonchev–Trinajstić information content (AvgIpc) is 2.40. The van der Waals surface area contributed by atoms with Crippen LogP contribution in [0, 0.1) is 0 Å². The standard InChI is InChI=1S/C16H18N2/c1-3-12(2)18-16-10-6-14(7-11-16)13-4-8-15(17)9-5-13/h4-11,18H,2-3,17H2,1H3. The molecule has 0 unspecified atom stereocenters. The largest absolute Gasteiger partial charge is 0.399 e. The molecule has 0 aliphatic carbocycles. The lowest BCUT2D eigenvalue weighted by molar-refractivity contribution is 1.11. The first-order chi connectivity index (χ1) is 8.69. The highest BCUT2D eigenvalue weighted by molar-refractivity contribution is 5.68. The van der Waals surface area contributed by atoms with Gasteiger partial charge in [0.2, 0.25) is 0 Å². The van der Waals surface area contributed by atoms with E-state index in [1.807, 2.05) is 24.3 Å². The van der Waals surface area contributed by atoms with Crippen LogP contribution in [0.4, 0.5) is 11.4 Å². The van der Waals surface area contributed by atoms with Gasteiger partial charge in [0, 0.05) is 17.1 Å². The van der Waals surface area contributed by atoms with E-state index in [9.17, 15) is 0 Å². The molecule has 2 aromatic rings. The van der Waals surface area contributed by atoms with E-state index in [2.05, 4.69) is 43.1 Å². The molecular weight excluding hydrogens is 220 g/mol. The Balaban J connectivity index is 2.17. The van der Waals surface area contributed by atoms with Crippen LogP contribution in [0.3, 0.4) is 0 Å². The maximum Gasteiger partial charge on any atom is 0.0382 e. The van der Waals surface area contributed by atoms with Crippen molar-refractivity contribution in [1.82, 2.24) is 0 Å². The Kier molecular flexibility index (Phi) is 3.68. The van der Waals surface area contributed by atoms with Gasteiger partial charge in [-0.3, -0.25) is 0 Å². The number of nitrogens with two attached hydrogens (primary N) is 1. The maximum absolute atomic E-state index is 5.68. The molecule has 2 heteroatoms. The normalized spacial score (nSPS) is 10.1. The lowest BCUT2D eigenvalue weighted by Gasteiger charge is -2.08. The second-order valence-electron chi connectivity index (χ2n) is 4.28. The summed E-state index contributed by atoms with van der Waals surface area (Å²) in [6, 6.07) is 16.2. The molecule has 0 saturated heterocycles. The van der Waals surface area contributed by atoms with Crippen LogP contribution in [0.5, 0.6) is 0 Å². The molecule has 0 radical (unpaired) electrons. The predicted octanol–water partition coefficient (Wildman–Crippen LogP) is 4.27. The Bertz CT molecular complexity index is 524. The molecule has 0 heterocycles. The average molecular weight is 238 g/mol. The van der Waals surface area contributed by atoms with Crippen molar-refractivity contribution in [1.29, 1.82) is 0 Å². The van der Waals surface area contributed by atoms with E-state index in [1.165, 1.54) is 11.1 Å². The fraction of sp³-hybridized carbons (Fsp3) is 0.125. The van der Waals surface area contributed by atoms with E-state index in [4.69, 9.17) is 5.73 Å². The molecule has 0 bridgehead atoms. The molecule has 2 rings (SSSR count). The number of hydrogen-bond donors (Lipinski definition) is 2. The van der Waals surface area contributed by atoms with Crippen LogP contribution in [0.25, 0.3) is 11.1 Å². The van der Waals surface area contributed by atoms with Gasteiger partial charge in [0.15, 0.2) is 0 Å². The summed E-state index contributed by atoms with van der Waals surface area (Å²) in [5.74, 6) is 0. The third-order valence-corrected chi connectivity index (χ3v) is 2.88. The molecule has 0 fully saturated rings. The van der Waals surface area contributed by atoms with Gasteiger partial charge in [0.05, 0.1) is 0 Å². The van der Waals surface area contributed by atoms with E-state index >= 15 is 0 Å². The highest BCUT2D eigenvalue weighted by Crippen LogP contribution is 2.22. The summed E-state index contributed by atoms with van der Waals surface area (Å²) in [6.07, 6.45) is 0.930. The number of allylic oxidation sites excluding steroid dienone is 1. The van der Waals surface area contributed by atoms with Crippen LogP contribution in [-0.4, -0.2) is 0 Å². The first-order valence-electron chi connectivity index (χ1n) is 6.10. The number of nitrogens with one attached hydrogen (secondary N) is 1. The van der Waals surface area contributed by atoms with Gasteiger partial charge in [-0.1, -0.05) is 37.8 Å². The lowest BCUT2D eigenvalue weighted by atomic mass is 10.1. The molecule has 0 atom stereocenters. The molecular formula is C16H18N2. The van der Waals surface area contributed by atoms with Gasteiger partial charge in [0.25, 0.3) is 0 Å². The Labute approximate surface area is 108 Å². The predicted molar refractivity (Wildman–Crippen MR) is 79.3 cm³/mol. The van der Waals surface area contributed by atoms with Crippen LogP contribution >= 0.6 is 0 Å². The van der Waals surface area contributed by atoms with Crippen molar-refractivity contribution in [3.8, 4) is 11.1 Å². The first kappa shape index (κ1) is 12.2. The molecule has 0 aromatic heterocycles. The third-order valence-electron chi connectivity index (χ3n) is 2.88. The van der Waals surface area contributed by atoms with Gasteiger partial charge in [-0.25, -0.2) is 0 Å². The second-order valence-corrected chi connectivity index (χ2v) is 4.28. The van der Waals surface area contributed by atoms with Crippen molar-refractivity contribution in [3.63, 3.8) is 0 Å². The van der Waals surface area contributed by atoms with Crippen LogP contribution in [0.15, 0.2) is 60.8 Å². The van der Waals surface area contributed by atoms with Gasteiger partial charge in [0.1, 0.15) is 0 Å². The summed E-state index contributed by atoms with van der Waals surface area (Å²) in [7, 11) is 0. The van der Waals surface area contributed by atoms with E-state index < -0.39 is 0 Å². The Morgan fingerprint density at radius 3 is 2.00 bits per heavy atom. The summed E-state index contributed by atoms with van der Waals surface area (Å²) < 4.78 is 0. The van der Waals surface area contributed by atoms with Gasteiger partial charge in [-0.05, 0) is 41.8 Å². The molecule has 2 nitrogen and oxygen atoms in total. The van der Waals surface area contributed by atoms with Gasteiger partial charge >= 0.3 is 0 Å². The van der Waals surface area contributed by atoms with Gasteiger partial charge in [-0.2, -0.15) is 0 Å². The van der Waals surface area contributed by atoms with E-state index in [-0.39, 0.29) is 0 Å². The third kappa shape index (κ3) is 2.92. The van der Waals surface area contributed by atoms with Crippen molar-refractivity contribution in [2.24, 2.45) is 0 Å². The Morgan fingerprint density at radius 2 is 1.50 bits per heavy atom. The van der Waals surface area contributed by atoms with Gasteiger partial charge < -0.3 is 11.1 Å². The smallest absolute Gasteiger partial charge is 0.0382 e. The lowest BCUT2D eigenvalue weighted by Crippen LogP contribution is -1.95. The minimum Gasteiger partial charge on any atom is -0.399 e. The van der Waals surface area contributed by atoms with Crippen molar-refractivity contribution in [3.05, 3.63) is 60.8 Å². The highest BCUT2D eigenvalue weighted by Gasteiger charge is 1.98. The molecule has 18 heavy (non-hydrogen) atoms. The molecule has 92 valence electrons. The zero-order valence-corrected chi connectivity index (χ0v) is 10.6. The van der Waals surface area contributed by atoms with Gasteiger partial charge in [-0.15, -0.1) is 0 Å². The topological polar surface area (TPSA) is 38.0 Å². The molecule has 0 saturated carbocycles. The number of rotatable bonds is 4. The summed E-state index contributed by atoms with van der Waals surface area (Å²) in [6.45, 7) is 6.02. The van der Waals surface area contributed by atoms with Crippen LogP contribution < -0.4 is 11.1 Å². The maximum atomic E-state index is 5.68. The van der Waals surface area contributed by atoms with Crippen molar-refractivity contribution in [2.75, 3.05) is 11.1 Å². The molecule has 2 aromatic carbocycles. The summed E-state index contributed by atoms with van der Waals surface area (Å²) in [5, 5.41) is 3.26. The summed E-state index contributed by atoms with van der Waals surface area (Å²) >= 11 is 0. The number of benzene rings is 2. The van der Waals surface area contributed by atoms with E-state index in [1.54, 1.807) is 0 Å². The van der Waals surface area contributed by atoms with Crippen LogP contribution in [0.1, 0.15) is 13.3 Å². The van der Waals surface area contributed by atoms with Crippen molar-refractivity contribution < 1.29 is 0 Å². The first-order valence-corrected chi connectivity index (χ1v) is 6.10. The van der Waals surface area contributed by atoms with Crippen LogP contribution in [-0.2, 0) is 0 Å². The Morgan fingerprint density at radius 1 is 1.00 bits per heavy atom. The molecule has 0 aliphatic heterocycles. The molecule has 0 spiro atoms. The van der Waals surface area contributed by atoms with E-state index in [0.717, 1.165) is 23.5 Å². The SMILES string of the molecule is C=C(CC)Nc1ccc(-c2ccc(N)cc2)cc1. The number of hydrogen-bond acceptors (Lipinski definition) is 2. The minimum atomic E-state index is 0.788. The van der Waals surface area contributed by atoms with Crippen molar-refractivity contribution in [2.45, 2.75) is 13.3 Å². The molecule has 0 amide bonds. The Hall–Kier alpha value is -2.22. The monoisotopic (exact) mass is 238 g/mol.